The largest absolute Gasteiger partial charge is 0.496 e. The molecule has 1 aliphatic rings. The molecule has 2 aromatic rings. The summed E-state index contributed by atoms with van der Waals surface area (Å²) >= 11 is 0. The minimum Gasteiger partial charge on any atom is -0.496 e. The fraction of sp³-hybridized carbons (Fsp3) is 0.364. The van der Waals surface area contributed by atoms with E-state index in [9.17, 15) is 5.11 Å². The van der Waals surface area contributed by atoms with Gasteiger partial charge >= 0.3 is 0 Å². The third-order valence-corrected chi connectivity index (χ3v) is 4.72. The summed E-state index contributed by atoms with van der Waals surface area (Å²) in [6.07, 6.45) is 2.96. The number of hydrogen-bond donors (Lipinski definition) is 1. The fourth-order valence-corrected chi connectivity index (χ4v) is 3.28. The van der Waals surface area contributed by atoms with Crippen LogP contribution in [0.15, 0.2) is 30.3 Å². The van der Waals surface area contributed by atoms with Gasteiger partial charge in [-0.1, -0.05) is 0 Å². The Kier molecular flexibility index (Phi) is 5.42. The van der Waals surface area contributed by atoms with Crippen LogP contribution >= 0.6 is 0 Å². The van der Waals surface area contributed by atoms with Crippen LogP contribution in [-0.4, -0.2) is 39.1 Å². The van der Waals surface area contributed by atoms with E-state index < -0.39 is 11.7 Å². The van der Waals surface area contributed by atoms with E-state index in [0.717, 1.165) is 5.56 Å². The number of rotatable bonds is 6. The molecule has 2 aromatic carbocycles. The number of ether oxygens (including phenoxy) is 5. The Morgan fingerprint density at radius 3 is 2.04 bits per heavy atom. The maximum Gasteiger partial charge on any atom is 0.203 e. The summed E-state index contributed by atoms with van der Waals surface area (Å²) in [6.45, 7) is 3.92. The number of aliphatic hydroxyl groups is 1. The van der Waals surface area contributed by atoms with Crippen molar-refractivity contribution in [1.82, 2.24) is 0 Å². The van der Waals surface area contributed by atoms with Crippen LogP contribution in [0.5, 0.6) is 28.7 Å². The highest BCUT2D eigenvalue weighted by molar-refractivity contribution is 5.70. The number of benzene rings is 2. The second-order valence-electron chi connectivity index (χ2n) is 7.00. The highest BCUT2D eigenvalue weighted by Gasteiger charge is 2.29. The van der Waals surface area contributed by atoms with Crippen molar-refractivity contribution in [3.63, 3.8) is 0 Å². The van der Waals surface area contributed by atoms with Crippen LogP contribution in [0.4, 0.5) is 0 Å². The quantitative estimate of drug-likeness (QED) is 0.810. The van der Waals surface area contributed by atoms with Gasteiger partial charge in [0.1, 0.15) is 23.2 Å². The molecule has 150 valence electrons. The van der Waals surface area contributed by atoms with Crippen molar-refractivity contribution in [3.05, 3.63) is 47.0 Å². The average Bonchev–Trinajstić information content (AvgIpc) is 2.70. The molecule has 0 spiro atoms. The van der Waals surface area contributed by atoms with Gasteiger partial charge in [0.25, 0.3) is 0 Å². The van der Waals surface area contributed by atoms with Crippen molar-refractivity contribution in [1.29, 1.82) is 0 Å². The van der Waals surface area contributed by atoms with Crippen LogP contribution < -0.4 is 23.7 Å². The molecule has 0 saturated carbocycles. The Labute approximate surface area is 165 Å². The molecule has 6 nitrogen and oxygen atoms in total. The van der Waals surface area contributed by atoms with Gasteiger partial charge in [-0.3, -0.25) is 0 Å². The van der Waals surface area contributed by atoms with Crippen LogP contribution in [0, 0.1) is 0 Å². The van der Waals surface area contributed by atoms with Gasteiger partial charge in [-0.25, -0.2) is 0 Å². The van der Waals surface area contributed by atoms with Crippen LogP contribution in [0.25, 0.3) is 6.08 Å². The van der Waals surface area contributed by atoms with Crippen molar-refractivity contribution in [2.45, 2.75) is 25.6 Å². The smallest absolute Gasteiger partial charge is 0.203 e. The third-order valence-electron chi connectivity index (χ3n) is 4.72. The van der Waals surface area contributed by atoms with Crippen LogP contribution in [-0.2, 0) is 0 Å². The van der Waals surface area contributed by atoms with Gasteiger partial charge < -0.3 is 28.8 Å². The van der Waals surface area contributed by atoms with Crippen molar-refractivity contribution in [2.24, 2.45) is 0 Å². The van der Waals surface area contributed by atoms with E-state index in [1.54, 1.807) is 46.6 Å². The molecule has 1 aliphatic heterocycles. The van der Waals surface area contributed by atoms with Crippen LogP contribution in [0.2, 0.25) is 0 Å². The Balaban J connectivity index is 2.14. The highest BCUT2D eigenvalue weighted by Crippen LogP contribution is 2.45. The van der Waals surface area contributed by atoms with E-state index in [2.05, 4.69) is 0 Å². The van der Waals surface area contributed by atoms with Crippen LogP contribution in [0.1, 0.15) is 36.6 Å². The van der Waals surface area contributed by atoms with Gasteiger partial charge in [-0.15, -0.1) is 0 Å². The SMILES string of the molecule is COc1ccc(C(O)c2cc(OC)c(OC)c(OC)c2)c2c1C=CC(C)(C)O2. The van der Waals surface area contributed by atoms with E-state index >= 15 is 0 Å². The second kappa shape index (κ2) is 7.64. The molecule has 6 heteroatoms. The third kappa shape index (κ3) is 3.47. The molecule has 1 N–H and O–H groups in total. The molecule has 0 fully saturated rings. The number of fused-ring (bicyclic) bond motifs is 1. The minimum atomic E-state index is -0.962. The molecule has 0 amide bonds. The van der Waals surface area contributed by atoms with Gasteiger partial charge in [-0.05, 0) is 55.8 Å². The molecule has 0 saturated heterocycles. The standard InChI is InChI=1S/C22H26O6/c1-22(2)10-9-14-16(24-3)8-7-15(20(14)28-22)19(23)13-11-17(25-4)21(27-6)18(12-13)26-5/h7-12,19,23H,1-6H3. The normalized spacial score (nSPS) is 15.2. The Hall–Kier alpha value is -2.86. The molecular weight excluding hydrogens is 360 g/mol. The zero-order valence-electron chi connectivity index (χ0n) is 17.0. The van der Waals surface area contributed by atoms with Gasteiger partial charge in [-0.2, -0.15) is 0 Å². The lowest BCUT2D eigenvalue weighted by molar-refractivity contribution is 0.146. The number of aliphatic hydroxyl groups excluding tert-OH is 1. The minimum absolute atomic E-state index is 0.470. The summed E-state index contributed by atoms with van der Waals surface area (Å²) in [6, 6.07) is 7.08. The first kappa shape index (κ1) is 19.9. The van der Waals surface area contributed by atoms with Crippen molar-refractivity contribution < 1.29 is 28.8 Å². The summed E-state index contributed by atoms with van der Waals surface area (Å²) in [4.78, 5) is 0. The maximum absolute atomic E-state index is 11.2. The summed E-state index contributed by atoms with van der Waals surface area (Å²) < 4.78 is 27.8. The molecule has 1 unspecified atom stereocenters. The van der Waals surface area contributed by atoms with Crippen molar-refractivity contribution in [3.8, 4) is 28.7 Å². The topological polar surface area (TPSA) is 66.4 Å². The lowest BCUT2D eigenvalue weighted by Gasteiger charge is -2.31. The second-order valence-corrected chi connectivity index (χ2v) is 7.00. The lowest BCUT2D eigenvalue weighted by atomic mass is 9.94. The molecule has 1 atom stereocenters. The van der Waals surface area contributed by atoms with Gasteiger partial charge in [0.05, 0.1) is 34.0 Å². The van der Waals surface area contributed by atoms with E-state index in [1.165, 1.54) is 0 Å². The maximum atomic E-state index is 11.2. The first-order valence-corrected chi connectivity index (χ1v) is 8.92. The Bertz CT molecular complexity index is 875. The average molecular weight is 386 g/mol. The summed E-state index contributed by atoms with van der Waals surface area (Å²) in [5.74, 6) is 2.69. The van der Waals surface area contributed by atoms with Crippen molar-refractivity contribution >= 4 is 6.08 Å². The molecule has 3 rings (SSSR count). The van der Waals surface area contributed by atoms with Crippen molar-refractivity contribution in [2.75, 3.05) is 28.4 Å². The van der Waals surface area contributed by atoms with E-state index in [1.807, 2.05) is 32.1 Å². The van der Waals surface area contributed by atoms with Gasteiger partial charge in [0, 0.05) is 5.56 Å². The van der Waals surface area contributed by atoms with E-state index in [4.69, 9.17) is 23.7 Å². The molecule has 1 heterocycles. The lowest BCUT2D eigenvalue weighted by Crippen LogP contribution is -2.28. The monoisotopic (exact) mass is 386 g/mol. The number of hydrogen-bond acceptors (Lipinski definition) is 6. The van der Waals surface area contributed by atoms with Gasteiger partial charge in [0.15, 0.2) is 11.5 Å². The molecule has 0 aromatic heterocycles. The zero-order chi connectivity index (χ0) is 20.5. The fourth-order valence-electron chi connectivity index (χ4n) is 3.28. The molecule has 28 heavy (non-hydrogen) atoms. The molecule has 0 bridgehead atoms. The van der Waals surface area contributed by atoms with Gasteiger partial charge in [0.2, 0.25) is 5.75 Å². The highest BCUT2D eigenvalue weighted by atomic mass is 16.5. The first-order valence-electron chi connectivity index (χ1n) is 8.92. The molecule has 0 aliphatic carbocycles. The predicted octanol–water partition coefficient (Wildman–Crippen LogP) is 3.99. The summed E-state index contributed by atoms with van der Waals surface area (Å²) in [5, 5.41) is 11.2. The Morgan fingerprint density at radius 2 is 1.50 bits per heavy atom. The van der Waals surface area contributed by atoms with Crippen LogP contribution in [0.3, 0.4) is 0 Å². The van der Waals surface area contributed by atoms with E-state index in [0.29, 0.717) is 39.9 Å². The number of methoxy groups -OCH3 is 4. The first-order chi connectivity index (χ1) is 13.3. The predicted molar refractivity (Wildman–Crippen MR) is 107 cm³/mol. The summed E-state index contributed by atoms with van der Waals surface area (Å²) in [7, 11) is 6.23. The zero-order valence-corrected chi connectivity index (χ0v) is 17.0. The molecule has 0 radical (unpaired) electrons. The Morgan fingerprint density at radius 1 is 0.893 bits per heavy atom. The molecular formula is C22H26O6. The summed E-state index contributed by atoms with van der Waals surface area (Å²) in [5.41, 5.74) is 1.52. The van der Waals surface area contributed by atoms with E-state index in [-0.39, 0.29) is 0 Å².